The summed E-state index contributed by atoms with van der Waals surface area (Å²) in [5.74, 6) is 0.906. The third-order valence-electron chi connectivity index (χ3n) is 3.47. The molecular weight excluding hydrogens is 244 g/mol. The third kappa shape index (κ3) is 1.89. The van der Waals surface area contributed by atoms with Crippen LogP contribution in [0.15, 0.2) is 42.5 Å². The summed E-state index contributed by atoms with van der Waals surface area (Å²) < 4.78 is 5.86. The van der Waals surface area contributed by atoms with Gasteiger partial charge in [-0.05, 0) is 29.2 Å². The third-order valence-corrected chi connectivity index (χ3v) is 3.94. The fourth-order valence-electron chi connectivity index (χ4n) is 2.38. The summed E-state index contributed by atoms with van der Waals surface area (Å²) in [5.41, 5.74) is 4.71. The Morgan fingerprint density at radius 1 is 1.17 bits per heavy atom. The van der Waals surface area contributed by atoms with E-state index in [9.17, 15) is 0 Å². The fraction of sp³-hybridized carbons (Fsp3) is 0.250. The van der Waals surface area contributed by atoms with Gasteiger partial charge in [0.25, 0.3) is 0 Å². The quantitative estimate of drug-likeness (QED) is 0.686. The molecule has 0 N–H and O–H groups in total. The molecule has 1 nitrogen and oxygen atoms in total. The van der Waals surface area contributed by atoms with Crippen LogP contribution >= 0.6 is 11.6 Å². The SMILES string of the molecule is CCc1ccc2c(c1)C(Cl)c1ccccc1CO2. The van der Waals surface area contributed by atoms with Crippen molar-refractivity contribution >= 4 is 11.6 Å². The first-order valence-electron chi connectivity index (χ1n) is 6.27. The van der Waals surface area contributed by atoms with Gasteiger partial charge in [-0.15, -0.1) is 11.6 Å². The van der Waals surface area contributed by atoms with E-state index in [0.29, 0.717) is 6.61 Å². The lowest BCUT2D eigenvalue weighted by Crippen LogP contribution is -1.96. The Bertz CT molecular complexity index is 577. The summed E-state index contributed by atoms with van der Waals surface area (Å²) in [7, 11) is 0. The molecule has 0 aromatic heterocycles. The van der Waals surface area contributed by atoms with Crippen LogP contribution in [-0.2, 0) is 13.0 Å². The number of rotatable bonds is 1. The average molecular weight is 259 g/mol. The second kappa shape index (κ2) is 4.66. The van der Waals surface area contributed by atoms with Crippen LogP contribution in [0.5, 0.6) is 5.75 Å². The highest BCUT2D eigenvalue weighted by atomic mass is 35.5. The van der Waals surface area contributed by atoms with Crippen molar-refractivity contribution in [2.45, 2.75) is 25.3 Å². The molecule has 92 valence electrons. The van der Waals surface area contributed by atoms with Gasteiger partial charge in [-0.2, -0.15) is 0 Å². The monoisotopic (exact) mass is 258 g/mol. The first-order chi connectivity index (χ1) is 8.79. The molecule has 0 radical (unpaired) electrons. The van der Waals surface area contributed by atoms with Crippen LogP contribution in [0, 0.1) is 0 Å². The Morgan fingerprint density at radius 2 is 2.00 bits per heavy atom. The molecule has 0 saturated heterocycles. The fourth-order valence-corrected chi connectivity index (χ4v) is 2.77. The summed E-state index contributed by atoms with van der Waals surface area (Å²) in [5, 5.41) is -0.120. The molecule has 1 heterocycles. The van der Waals surface area contributed by atoms with E-state index < -0.39 is 0 Å². The van der Waals surface area contributed by atoms with Crippen molar-refractivity contribution in [2.24, 2.45) is 0 Å². The second-order valence-corrected chi connectivity index (χ2v) is 5.01. The molecule has 18 heavy (non-hydrogen) atoms. The minimum Gasteiger partial charge on any atom is -0.489 e. The molecule has 0 aliphatic carbocycles. The molecule has 0 bridgehead atoms. The smallest absolute Gasteiger partial charge is 0.124 e. The largest absolute Gasteiger partial charge is 0.489 e. The lowest BCUT2D eigenvalue weighted by atomic mass is 9.98. The summed E-state index contributed by atoms with van der Waals surface area (Å²) in [4.78, 5) is 0. The van der Waals surface area contributed by atoms with Crippen molar-refractivity contribution in [2.75, 3.05) is 0 Å². The highest BCUT2D eigenvalue weighted by Gasteiger charge is 2.22. The minimum absolute atomic E-state index is 0.120. The van der Waals surface area contributed by atoms with Crippen LogP contribution in [0.2, 0.25) is 0 Å². The van der Waals surface area contributed by atoms with Gasteiger partial charge in [0.15, 0.2) is 0 Å². The van der Waals surface area contributed by atoms with Crippen molar-refractivity contribution in [3.8, 4) is 5.75 Å². The van der Waals surface area contributed by atoms with Gasteiger partial charge in [0.2, 0.25) is 0 Å². The van der Waals surface area contributed by atoms with E-state index in [2.05, 4.69) is 31.2 Å². The molecule has 0 spiro atoms. The highest BCUT2D eigenvalue weighted by Crippen LogP contribution is 2.40. The van der Waals surface area contributed by atoms with Crippen molar-refractivity contribution < 1.29 is 4.74 Å². The molecular formula is C16H15ClO. The van der Waals surface area contributed by atoms with Gasteiger partial charge >= 0.3 is 0 Å². The number of aryl methyl sites for hydroxylation is 1. The number of benzene rings is 2. The summed E-state index contributed by atoms with van der Waals surface area (Å²) in [6, 6.07) is 14.5. The molecule has 2 heteroatoms. The van der Waals surface area contributed by atoms with Crippen molar-refractivity contribution in [1.29, 1.82) is 0 Å². The maximum atomic E-state index is 6.63. The number of hydrogen-bond acceptors (Lipinski definition) is 1. The van der Waals surface area contributed by atoms with Crippen LogP contribution in [0.4, 0.5) is 0 Å². The normalized spacial score (nSPS) is 17.3. The zero-order valence-corrected chi connectivity index (χ0v) is 11.1. The number of fused-ring (bicyclic) bond motifs is 2. The van der Waals surface area contributed by atoms with Crippen molar-refractivity contribution in [1.82, 2.24) is 0 Å². The van der Waals surface area contributed by atoms with E-state index in [-0.39, 0.29) is 5.38 Å². The van der Waals surface area contributed by atoms with Crippen LogP contribution in [0.1, 0.15) is 34.6 Å². The molecule has 1 unspecified atom stereocenters. The molecule has 1 aliphatic rings. The Balaban J connectivity index is 2.14. The lowest BCUT2D eigenvalue weighted by Gasteiger charge is -2.13. The van der Waals surface area contributed by atoms with E-state index in [1.165, 1.54) is 11.1 Å². The zero-order valence-electron chi connectivity index (χ0n) is 10.3. The topological polar surface area (TPSA) is 9.23 Å². The van der Waals surface area contributed by atoms with Crippen LogP contribution in [-0.4, -0.2) is 0 Å². The number of hydrogen-bond donors (Lipinski definition) is 0. The van der Waals surface area contributed by atoms with E-state index >= 15 is 0 Å². The van der Waals surface area contributed by atoms with Gasteiger partial charge in [-0.1, -0.05) is 43.3 Å². The highest BCUT2D eigenvalue weighted by molar-refractivity contribution is 6.23. The Hall–Kier alpha value is -1.47. The average Bonchev–Trinajstić information content (AvgIpc) is 2.57. The van der Waals surface area contributed by atoms with Gasteiger partial charge in [-0.3, -0.25) is 0 Å². The molecule has 2 aromatic carbocycles. The van der Waals surface area contributed by atoms with E-state index in [1.54, 1.807) is 0 Å². The lowest BCUT2D eigenvalue weighted by molar-refractivity contribution is 0.307. The number of halogens is 1. The minimum atomic E-state index is -0.120. The maximum Gasteiger partial charge on any atom is 0.124 e. The molecule has 0 saturated carbocycles. The zero-order chi connectivity index (χ0) is 12.5. The Kier molecular flexibility index (Phi) is 3.00. The summed E-state index contributed by atoms with van der Waals surface area (Å²) in [6.07, 6.45) is 1.01. The second-order valence-electron chi connectivity index (χ2n) is 4.58. The summed E-state index contributed by atoms with van der Waals surface area (Å²) >= 11 is 6.63. The number of ether oxygens (including phenoxy) is 1. The predicted octanol–water partition coefficient (Wildman–Crippen LogP) is 4.47. The van der Waals surface area contributed by atoms with Crippen LogP contribution < -0.4 is 4.74 Å². The molecule has 1 aliphatic heterocycles. The number of alkyl halides is 1. The van der Waals surface area contributed by atoms with E-state index in [0.717, 1.165) is 23.3 Å². The van der Waals surface area contributed by atoms with Crippen LogP contribution in [0.3, 0.4) is 0 Å². The standard InChI is InChI=1S/C16H15ClO/c1-2-11-7-8-15-14(9-11)16(17)13-6-4-3-5-12(13)10-18-15/h3-9,16H,2,10H2,1H3. The van der Waals surface area contributed by atoms with Gasteiger partial charge in [-0.25, -0.2) is 0 Å². The Labute approximate surface area is 112 Å². The first-order valence-corrected chi connectivity index (χ1v) is 6.70. The maximum absolute atomic E-state index is 6.63. The molecule has 2 aromatic rings. The van der Waals surface area contributed by atoms with Gasteiger partial charge in [0.05, 0.1) is 5.38 Å². The van der Waals surface area contributed by atoms with Gasteiger partial charge in [0.1, 0.15) is 12.4 Å². The molecule has 3 rings (SSSR count). The van der Waals surface area contributed by atoms with E-state index in [4.69, 9.17) is 16.3 Å². The molecule has 0 amide bonds. The Morgan fingerprint density at radius 3 is 2.83 bits per heavy atom. The van der Waals surface area contributed by atoms with Crippen molar-refractivity contribution in [3.63, 3.8) is 0 Å². The van der Waals surface area contributed by atoms with Crippen molar-refractivity contribution in [3.05, 3.63) is 64.7 Å². The van der Waals surface area contributed by atoms with Crippen LogP contribution in [0.25, 0.3) is 0 Å². The predicted molar refractivity (Wildman–Crippen MR) is 74.3 cm³/mol. The van der Waals surface area contributed by atoms with Gasteiger partial charge in [0, 0.05) is 5.56 Å². The molecule has 0 fully saturated rings. The van der Waals surface area contributed by atoms with E-state index in [1.807, 2.05) is 18.2 Å². The molecule has 1 atom stereocenters. The van der Waals surface area contributed by atoms with Gasteiger partial charge < -0.3 is 4.74 Å². The summed E-state index contributed by atoms with van der Waals surface area (Å²) in [6.45, 7) is 2.74. The first kappa shape index (κ1) is 11.6.